The van der Waals surface area contributed by atoms with Gasteiger partial charge in [0, 0.05) is 21.6 Å². The SMILES string of the molecule is NCc1cc(OCc2cc(Cl)ccc2F)ccc1Br. The van der Waals surface area contributed by atoms with Crippen LogP contribution in [-0.2, 0) is 13.2 Å². The lowest BCUT2D eigenvalue weighted by atomic mass is 10.2. The van der Waals surface area contributed by atoms with Gasteiger partial charge in [-0.2, -0.15) is 0 Å². The van der Waals surface area contributed by atoms with E-state index in [4.69, 9.17) is 22.1 Å². The van der Waals surface area contributed by atoms with Crippen LogP contribution in [0.3, 0.4) is 0 Å². The van der Waals surface area contributed by atoms with E-state index >= 15 is 0 Å². The third kappa shape index (κ3) is 3.69. The van der Waals surface area contributed by atoms with Gasteiger partial charge in [0.25, 0.3) is 0 Å². The van der Waals surface area contributed by atoms with Crippen LogP contribution in [0.15, 0.2) is 40.9 Å². The summed E-state index contributed by atoms with van der Waals surface area (Å²) in [4.78, 5) is 0. The summed E-state index contributed by atoms with van der Waals surface area (Å²) in [6, 6.07) is 9.87. The Morgan fingerprint density at radius 2 is 1.95 bits per heavy atom. The molecule has 0 saturated heterocycles. The molecule has 2 aromatic carbocycles. The van der Waals surface area contributed by atoms with E-state index in [0.717, 1.165) is 10.0 Å². The van der Waals surface area contributed by atoms with E-state index in [0.29, 0.717) is 22.9 Å². The Labute approximate surface area is 124 Å². The molecule has 2 rings (SSSR count). The summed E-state index contributed by atoms with van der Waals surface area (Å²) in [5.41, 5.74) is 6.96. The van der Waals surface area contributed by atoms with E-state index in [2.05, 4.69) is 15.9 Å². The summed E-state index contributed by atoms with van der Waals surface area (Å²) >= 11 is 9.22. The molecule has 0 heterocycles. The van der Waals surface area contributed by atoms with E-state index < -0.39 is 0 Å². The summed E-state index contributed by atoms with van der Waals surface area (Å²) in [5.74, 6) is 0.309. The van der Waals surface area contributed by atoms with Crippen LogP contribution >= 0.6 is 27.5 Å². The molecule has 2 aromatic rings. The van der Waals surface area contributed by atoms with Gasteiger partial charge in [0.05, 0.1) is 0 Å². The lowest BCUT2D eigenvalue weighted by molar-refractivity contribution is 0.299. The van der Waals surface area contributed by atoms with Gasteiger partial charge in [-0.25, -0.2) is 4.39 Å². The first-order valence-electron chi connectivity index (χ1n) is 5.65. The van der Waals surface area contributed by atoms with Crippen molar-refractivity contribution in [3.8, 4) is 5.75 Å². The number of rotatable bonds is 4. The van der Waals surface area contributed by atoms with Gasteiger partial charge in [0.1, 0.15) is 18.2 Å². The van der Waals surface area contributed by atoms with E-state index in [9.17, 15) is 4.39 Å². The van der Waals surface area contributed by atoms with E-state index in [1.807, 2.05) is 12.1 Å². The van der Waals surface area contributed by atoms with Crippen LogP contribution in [0.1, 0.15) is 11.1 Å². The minimum atomic E-state index is -0.333. The molecule has 0 aliphatic heterocycles. The van der Waals surface area contributed by atoms with Gasteiger partial charge >= 0.3 is 0 Å². The summed E-state index contributed by atoms with van der Waals surface area (Å²) in [5, 5.41) is 0.485. The number of ether oxygens (including phenoxy) is 1. The summed E-state index contributed by atoms with van der Waals surface area (Å²) in [7, 11) is 0. The highest BCUT2D eigenvalue weighted by Crippen LogP contribution is 2.23. The van der Waals surface area contributed by atoms with Crippen molar-refractivity contribution in [1.29, 1.82) is 0 Å². The Balaban J connectivity index is 2.12. The molecule has 0 fully saturated rings. The Hall–Kier alpha value is -1.10. The molecule has 0 unspecified atom stereocenters. The molecule has 0 bridgehead atoms. The predicted octanol–water partition coefficient (Wildman–Crippen LogP) is 4.28. The van der Waals surface area contributed by atoms with Crippen molar-refractivity contribution in [3.63, 3.8) is 0 Å². The quantitative estimate of drug-likeness (QED) is 0.898. The highest BCUT2D eigenvalue weighted by molar-refractivity contribution is 9.10. The third-order valence-electron chi connectivity index (χ3n) is 2.64. The molecule has 19 heavy (non-hydrogen) atoms. The maximum absolute atomic E-state index is 13.5. The van der Waals surface area contributed by atoms with Gasteiger partial charge in [0.2, 0.25) is 0 Å². The Morgan fingerprint density at radius 3 is 2.68 bits per heavy atom. The van der Waals surface area contributed by atoms with Crippen LogP contribution in [0.2, 0.25) is 5.02 Å². The van der Waals surface area contributed by atoms with E-state index in [1.165, 1.54) is 12.1 Å². The van der Waals surface area contributed by atoms with Gasteiger partial charge in [-0.15, -0.1) is 0 Å². The average molecular weight is 345 g/mol. The molecule has 0 aromatic heterocycles. The van der Waals surface area contributed by atoms with Crippen molar-refractivity contribution in [2.45, 2.75) is 13.2 Å². The van der Waals surface area contributed by atoms with Gasteiger partial charge < -0.3 is 10.5 Å². The second-order valence-corrected chi connectivity index (χ2v) is 5.27. The molecule has 0 aliphatic rings. The van der Waals surface area contributed by atoms with Crippen molar-refractivity contribution in [2.24, 2.45) is 5.73 Å². The van der Waals surface area contributed by atoms with Crippen LogP contribution in [0.25, 0.3) is 0 Å². The molecule has 100 valence electrons. The molecule has 0 spiro atoms. The Bertz CT molecular complexity index is 592. The molecule has 0 saturated carbocycles. The molecule has 0 aliphatic carbocycles. The standard InChI is InChI=1S/C14H12BrClFNO/c15-13-3-2-12(6-9(13)7-18)19-8-10-5-11(16)1-4-14(10)17/h1-6H,7-8,18H2. The van der Waals surface area contributed by atoms with Gasteiger partial charge in [0.15, 0.2) is 0 Å². The second kappa shape index (κ2) is 6.37. The Kier molecular flexibility index (Phi) is 4.80. The lowest BCUT2D eigenvalue weighted by Gasteiger charge is -2.09. The van der Waals surface area contributed by atoms with Crippen LogP contribution in [-0.4, -0.2) is 0 Å². The molecular formula is C14H12BrClFNO. The predicted molar refractivity (Wildman–Crippen MR) is 77.8 cm³/mol. The van der Waals surface area contributed by atoms with Crippen LogP contribution < -0.4 is 10.5 Å². The monoisotopic (exact) mass is 343 g/mol. The highest BCUT2D eigenvalue weighted by atomic mass is 79.9. The molecule has 0 atom stereocenters. The molecule has 0 amide bonds. The molecule has 2 N–H and O–H groups in total. The van der Waals surface area contributed by atoms with Crippen molar-refractivity contribution >= 4 is 27.5 Å². The third-order valence-corrected chi connectivity index (χ3v) is 3.65. The van der Waals surface area contributed by atoms with Crippen LogP contribution in [0.5, 0.6) is 5.75 Å². The van der Waals surface area contributed by atoms with Gasteiger partial charge in [-0.3, -0.25) is 0 Å². The molecule has 2 nitrogen and oxygen atoms in total. The molecule has 0 radical (unpaired) electrons. The number of halogens is 3. The largest absolute Gasteiger partial charge is 0.489 e. The van der Waals surface area contributed by atoms with Crippen LogP contribution in [0, 0.1) is 5.82 Å². The summed E-state index contributed by atoms with van der Waals surface area (Å²) < 4.78 is 20.0. The fourth-order valence-corrected chi connectivity index (χ4v) is 2.22. The van der Waals surface area contributed by atoms with Crippen molar-refractivity contribution in [2.75, 3.05) is 0 Å². The molecule has 5 heteroatoms. The zero-order chi connectivity index (χ0) is 13.8. The summed E-state index contributed by atoms with van der Waals surface area (Å²) in [6.07, 6.45) is 0. The first-order valence-corrected chi connectivity index (χ1v) is 6.82. The van der Waals surface area contributed by atoms with E-state index in [-0.39, 0.29) is 12.4 Å². The highest BCUT2D eigenvalue weighted by Gasteiger charge is 2.05. The molecular weight excluding hydrogens is 333 g/mol. The maximum Gasteiger partial charge on any atom is 0.129 e. The van der Waals surface area contributed by atoms with Gasteiger partial charge in [-0.05, 0) is 42.0 Å². The normalized spacial score (nSPS) is 10.5. The fraction of sp³-hybridized carbons (Fsp3) is 0.143. The number of hydrogen-bond donors (Lipinski definition) is 1. The van der Waals surface area contributed by atoms with Crippen molar-refractivity contribution < 1.29 is 9.13 Å². The zero-order valence-corrected chi connectivity index (χ0v) is 12.3. The minimum absolute atomic E-state index is 0.123. The average Bonchev–Trinajstić information content (AvgIpc) is 2.41. The van der Waals surface area contributed by atoms with Crippen molar-refractivity contribution in [1.82, 2.24) is 0 Å². The number of nitrogens with two attached hydrogens (primary N) is 1. The smallest absolute Gasteiger partial charge is 0.129 e. The maximum atomic E-state index is 13.5. The Morgan fingerprint density at radius 1 is 1.16 bits per heavy atom. The minimum Gasteiger partial charge on any atom is -0.489 e. The second-order valence-electron chi connectivity index (χ2n) is 3.98. The lowest BCUT2D eigenvalue weighted by Crippen LogP contribution is -2.01. The first kappa shape index (κ1) is 14.3. The van der Waals surface area contributed by atoms with Crippen molar-refractivity contribution in [3.05, 3.63) is 62.8 Å². The fourth-order valence-electron chi connectivity index (χ4n) is 1.61. The number of hydrogen-bond acceptors (Lipinski definition) is 2. The first-order chi connectivity index (χ1) is 9.10. The van der Waals surface area contributed by atoms with Crippen LogP contribution in [0.4, 0.5) is 4.39 Å². The van der Waals surface area contributed by atoms with Gasteiger partial charge in [-0.1, -0.05) is 27.5 Å². The zero-order valence-electron chi connectivity index (χ0n) is 10.00. The van der Waals surface area contributed by atoms with E-state index in [1.54, 1.807) is 12.1 Å². The topological polar surface area (TPSA) is 35.2 Å². The summed E-state index contributed by atoms with van der Waals surface area (Å²) in [6.45, 7) is 0.529. The number of benzene rings is 2.